The van der Waals surface area contributed by atoms with Gasteiger partial charge in [-0.15, -0.1) is 10.2 Å². The molecule has 0 fully saturated rings. The van der Waals surface area contributed by atoms with Gasteiger partial charge in [-0.3, -0.25) is 10.1 Å². The van der Waals surface area contributed by atoms with Crippen LogP contribution in [0.1, 0.15) is 32.9 Å². The van der Waals surface area contributed by atoms with Crippen molar-refractivity contribution in [2.45, 2.75) is 30.9 Å². The predicted molar refractivity (Wildman–Crippen MR) is 94.6 cm³/mol. The molecule has 0 spiro atoms. The average molecular weight is 360 g/mol. The molecule has 24 heavy (non-hydrogen) atoms. The van der Waals surface area contributed by atoms with Crippen molar-refractivity contribution in [1.29, 1.82) is 0 Å². The van der Waals surface area contributed by atoms with Gasteiger partial charge in [0.1, 0.15) is 5.76 Å². The monoisotopic (exact) mass is 360 g/mol. The summed E-state index contributed by atoms with van der Waals surface area (Å²) in [6, 6.07) is 7.98. The number of rotatable bonds is 5. The van der Waals surface area contributed by atoms with Crippen molar-refractivity contribution in [2.24, 2.45) is 0 Å². The number of amides is 1. The van der Waals surface area contributed by atoms with Gasteiger partial charge in [0.25, 0.3) is 5.91 Å². The van der Waals surface area contributed by atoms with Crippen molar-refractivity contribution in [3.63, 3.8) is 0 Å². The number of thioether (sulfide) groups is 1. The molecule has 0 aliphatic heterocycles. The molecule has 2 heterocycles. The van der Waals surface area contributed by atoms with E-state index in [1.165, 1.54) is 28.0 Å². The number of aromatic nitrogens is 3. The van der Waals surface area contributed by atoms with Gasteiger partial charge in [0.2, 0.25) is 5.13 Å². The molecule has 0 aliphatic carbocycles. The van der Waals surface area contributed by atoms with Crippen LogP contribution in [0, 0.1) is 20.8 Å². The maximum absolute atomic E-state index is 12.0. The fraction of sp³-hybridized carbons (Fsp3) is 0.250. The van der Waals surface area contributed by atoms with E-state index < -0.39 is 0 Å². The lowest BCUT2D eigenvalue weighted by Gasteiger charge is -2.05. The Morgan fingerprint density at radius 1 is 1.25 bits per heavy atom. The molecule has 2 aromatic heterocycles. The Morgan fingerprint density at radius 2 is 2.08 bits per heavy atom. The standard InChI is InChI=1S/C16H16N4O2S2/c1-9-4-5-10(2)12(6-9)8-23-16-19-18-15(24-16)17-14(21)13-7-11(3)22-20-13/h4-7H,8H2,1-3H3,(H,17,18,21). The molecule has 124 valence electrons. The summed E-state index contributed by atoms with van der Waals surface area (Å²) in [6.07, 6.45) is 0. The van der Waals surface area contributed by atoms with Gasteiger partial charge in [-0.25, -0.2) is 0 Å². The van der Waals surface area contributed by atoms with Crippen LogP contribution in [0.3, 0.4) is 0 Å². The highest BCUT2D eigenvalue weighted by atomic mass is 32.2. The molecule has 1 N–H and O–H groups in total. The summed E-state index contributed by atoms with van der Waals surface area (Å²) in [5.74, 6) is 1.05. The fourth-order valence-electron chi connectivity index (χ4n) is 2.05. The molecule has 0 atom stereocenters. The van der Waals surface area contributed by atoms with Gasteiger partial charge in [0.15, 0.2) is 10.0 Å². The number of hydrogen-bond acceptors (Lipinski definition) is 7. The highest BCUT2D eigenvalue weighted by molar-refractivity contribution is 8.00. The highest BCUT2D eigenvalue weighted by Gasteiger charge is 2.14. The summed E-state index contributed by atoms with van der Waals surface area (Å²) in [7, 11) is 0. The smallest absolute Gasteiger partial charge is 0.279 e. The number of nitrogens with one attached hydrogen (secondary N) is 1. The van der Waals surface area contributed by atoms with E-state index in [2.05, 4.69) is 52.7 Å². The highest BCUT2D eigenvalue weighted by Crippen LogP contribution is 2.29. The van der Waals surface area contributed by atoms with Gasteiger partial charge in [-0.05, 0) is 31.9 Å². The van der Waals surface area contributed by atoms with E-state index in [4.69, 9.17) is 4.52 Å². The normalized spacial score (nSPS) is 10.8. The topological polar surface area (TPSA) is 80.9 Å². The van der Waals surface area contributed by atoms with Gasteiger partial charge in [0, 0.05) is 11.8 Å². The Morgan fingerprint density at radius 3 is 2.83 bits per heavy atom. The second kappa shape index (κ2) is 7.14. The van der Waals surface area contributed by atoms with Crippen molar-refractivity contribution < 1.29 is 9.32 Å². The summed E-state index contributed by atoms with van der Waals surface area (Å²) < 4.78 is 5.70. The Bertz CT molecular complexity index is 873. The van der Waals surface area contributed by atoms with Crippen LogP contribution in [0.4, 0.5) is 5.13 Å². The van der Waals surface area contributed by atoms with Crippen LogP contribution in [-0.2, 0) is 5.75 Å². The third-order valence-corrected chi connectivity index (χ3v) is 5.36. The largest absolute Gasteiger partial charge is 0.361 e. The van der Waals surface area contributed by atoms with Crippen molar-refractivity contribution in [3.8, 4) is 0 Å². The minimum absolute atomic E-state index is 0.229. The van der Waals surface area contributed by atoms with Crippen molar-refractivity contribution >= 4 is 34.1 Å². The van der Waals surface area contributed by atoms with Crippen LogP contribution in [0.15, 0.2) is 33.1 Å². The molecule has 8 heteroatoms. The lowest BCUT2D eigenvalue weighted by atomic mass is 10.1. The Labute approximate surface area is 147 Å². The SMILES string of the molecule is Cc1ccc(C)c(CSc2nnc(NC(=O)c3cc(C)on3)s2)c1. The third-order valence-electron chi connectivity index (χ3n) is 3.34. The van der Waals surface area contributed by atoms with Gasteiger partial charge >= 0.3 is 0 Å². The molecular formula is C16H16N4O2S2. The van der Waals surface area contributed by atoms with Crippen LogP contribution in [0.2, 0.25) is 0 Å². The number of benzene rings is 1. The number of nitrogens with zero attached hydrogens (tertiary/aromatic N) is 3. The first-order valence-corrected chi connectivity index (χ1v) is 9.08. The summed E-state index contributed by atoms with van der Waals surface area (Å²) in [4.78, 5) is 12.0. The van der Waals surface area contributed by atoms with E-state index in [0.29, 0.717) is 10.9 Å². The summed E-state index contributed by atoms with van der Waals surface area (Å²) in [5, 5.41) is 14.9. The fourth-order valence-corrected chi connectivity index (χ4v) is 3.86. The molecule has 0 aliphatic rings. The van der Waals surface area contributed by atoms with E-state index in [9.17, 15) is 4.79 Å². The van der Waals surface area contributed by atoms with Gasteiger partial charge in [-0.1, -0.05) is 52.0 Å². The number of anilines is 1. The van der Waals surface area contributed by atoms with Gasteiger partial charge in [0.05, 0.1) is 0 Å². The molecule has 0 saturated carbocycles. The summed E-state index contributed by atoms with van der Waals surface area (Å²) >= 11 is 2.95. The second-order valence-electron chi connectivity index (χ2n) is 5.37. The van der Waals surface area contributed by atoms with Crippen LogP contribution in [0.5, 0.6) is 0 Å². The molecule has 0 bridgehead atoms. The Hall–Kier alpha value is -2.19. The van der Waals surface area contributed by atoms with Gasteiger partial charge in [-0.2, -0.15) is 0 Å². The molecule has 3 rings (SSSR count). The summed E-state index contributed by atoms with van der Waals surface area (Å²) in [6.45, 7) is 5.91. The zero-order valence-corrected chi connectivity index (χ0v) is 15.1. The van der Waals surface area contributed by atoms with Crippen LogP contribution in [0.25, 0.3) is 0 Å². The van der Waals surface area contributed by atoms with Crippen molar-refractivity contribution in [3.05, 3.63) is 52.4 Å². The van der Waals surface area contributed by atoms with E-state index in [0.717, 1.165) is 10.1 Å². The Kier molecular flexibility index (Phi) is 4.96. The number of hydrogen-bond donors (Lipinski definition) is 1. The first-order chi connectivity index (χ1) is 11.5. The minimum Gasteiger partial charge on any atom is -0.361 e. The van der Waals surface area contributed by atoms with Crippen molar-refractivity contribution in [1.82, 2.24) is 15.4 Å². The number of carbonyl (C=O) groups excluding carboxylic acids is 1. The van der Waals surface area contributed by atoms with E-state index in [1.807, 2.05) is 0 Å². The maximum atomic E-state index is 12.0. The van der Waals surface area contributed by atoms with E-state index in [1.54, 1.807) is 24.8 Å². The molecule has 0 saturated heterocycles. The van der Waals surface area contributed by atoms with E-state index >= 15 is 0 Å². The van der Waals surface area contributed by atoms with Gasteiger partial charge < -0.3 is 4.52 Å². The molecule has 0 radical (unpaired) electrons. The predicted octanol–water partition coefficient (Wildman–Crippen LogP) is 4.00. The third kappa shape index (κ3) is 4.01. The van der Waals surface area contributed by atoms with Crippen LogP contribution in [-0.4, -0.2) is 21.3 Å². The molecule has 0 unspecified atom stereocenters. The first-order valence-electron chi connectivity index (χ1n) is 7.28. The summed E-state index contributed by atoms with van der Waals surface area (Å²) in [5.41, 5.74) is 4.00. The maximum Gasteiger partial charge on any atom is 0.279 e. The van der Waals surface area contributed by atoms with E-state index in [-0.39, 0.29) is 11.6 Å². The number of aryl methyl sites for hydroxylation is 3. The molecule has 6 nitrogen and oxygen atoms in total. The Balaban J connectivity index is 1.61. The molecule has 3 aromatic rings. The number of carbonyl (C=O) groups is 1. The lowest BCUT2D eigenvalue weighted by molar-refractivity contribution is 0.101. The molecule has 1 aromatic carbocycles. The first kappa shape index (κ1) is 16.7. The second-order valence-corrected chi connectivity index (χ2v) is 7.57. The molecule has 1 amide bonds. The zero-order chi connectivity index (χ0) is 17.1. The lowest BCUT2D eigenvalue weighted by Crippen LogP contribution is -2.11. The van der Waals surface area contributed by atoms with Crippen LogP contribution < -0.4 is 5.32 Å². The van der Waals surface area contributed by atoms with Crippen LogP contribution >= 0.6 is 23.1 Å². The zero-order valence-electron chi connectivity index (χ0n) is 13.5. The molecular weight excluding hydrogens is 344 g/mol. The minimum atomic E-state index is -0.353. The average Bonchev–Trinajstić information content (AvgIpc) is 3.17. The van der Waals surface area contributed by atoms with Crippen molar-refractivity contribution in [2.75, 3.05) is 5.32 Å². The quantitative estimate of drug-likeness (QED) is 0.547.